The van der Waals surface area contributed by atoms with E-state index in [1.54, 1.807) is 23.9 Å². The van der Waals surface area contributed by atoms with Gasteiger partial charge in [0.05, 0.1) is 42.3 Å². The Morgan fingerprint density at radius 2 is 0.881 bits per heavy atom. The summed E-state index contributed by atoms with van der Waals surface area (Å²) in [5.41, 5.74) is 2.17. The lowest BCUT2D eigenvalue weighted by Crippen LogP contribution is -2.35. The van der Waals surface area contributed by atoms with Crippen LogP contribution in [0.3, 0.4) is 0 Å². The van der Waals surface area contributed by atoms with Gasteiger partial charge >= 0.3 is 12.2 Å². The predicted octanol–water partition coefficient (Wildman–Crippen LogP) is 7.92. The van der Waals surface area contributed by atoms with Crippen LogP contribution in [0, 0.1) is 0 Å². The van der Waals surface area contributed by atoms with Crippen LogP contribution in [0.2, 0.25) is 0 Å². The first-order valence-electron chi connectivity index (χ1n) is 14.5. The highest BCUT2D eigenvalue weighted by atomic mass is 79.9. The third-order valence-corrected chi connectivity index (χ3v) is 6.96. The van der Waals surface area contributed by atoms with Crippen LogP contribution in [0.15, 0.2) is 48.5 Å². The third-order valence-electron chi connectivity index (χ3n) is 6.96. The molecule has 238 valence electrons. The molecule has 10 heteroatoms. The number of benzene rings is 2. The number of hydrogen-bond acceptors (Lipinski definition) is 4. The zero-order valence-electron chi connectivity index (χ0n) is 26.9. The Balaban J connectivity index is 0.00000840. The minimum atomic E-state index is -0.315. The van der Waals surface area contributed by atoms with Gasteiger partial charge in [0.25, 0.3) is 0 Å². The fourth-order valence-electron chi connectivity index (χ4n) is 4.23. The van der Waals surface area contributed by atoms with Crippen molar-refractivity contribution in [2.24, 2.45) is 0 Å². The van der Waals surface area contributed by atoms with Crippen molar-refractivity contribution in [3.8, 4) is 11.5 Å². The van der Waals surface area contributed by atoms with Crippen LogP contribution < -0.4 is 18.4 Å². The highest BCUT2D eigenvalue weighted by molar-refractivity contribution is 8.93. The maximum atomic E-state index is 12.4. The number of carbonyl (C=O) groups excluding carboxylic acids is 2. The second-order valence-electron chi connectivity index (χ2n) is 12.4. The standard InChI is InChI=1S/C32H52N4O4.2BrH/c1-33(31(37)39-29-21-17-19-27(25-29)35(3,4)5)23-15-13-11-9-10-12-14-16-24-34(2)32(38)40-30-22-18-20-28(26-30)36(6,7)8;;/h17-22,25-26H,9-16,23-24H2,1-8H3;2*1H/q+2;;. The molecule has 0 fully saturated rings. The van der Waals surface area contributed by atoms with E-state index in [1.165, 1.54) is 12.8 Å². The average molecular weight is 719 g/mol. The van der Waals surface area contributed by atoms with E-state index in [-0.39, 0.29) is 46.1 Å². The van der Waals surface area contributed by atoms with Crippen molar-refractivity contribution in [1.29, 1.82) is 0 Å². The molecule has 2 amide bonds. The summed E-state index contributed by atoms with van der Waals surface area (Å²) >= 11 is 0. The summed E-state index contributed by atoms with van der Waals surface area (Å²) in [5, 5.41) is 0. The van der Waals surface area contributed by atoms with E-state index in [4.69, 9.17) is 9.47 Å². The molecule has 2 aromatic rings. The highest BCUT2D eigenvalue weighted by Crippen LogP contribution is 2.24. The molecule has 0 saturated heterocycles. The van der Waals surface area contributed by atoms with Crippen molar-refractivity contribution in [2.45, 2.75) is 51.4 Å². The Bertz CT molecular complexity index is 1000. The molecule has 0 aliphatic rings. The van der Waals surface area contributed by atoms with Gasteiger partial charge in [0.15, 0.2) is 0 Å². The van der Waals surface area contributed by atoms with Gasteiger partial charge in [-0.05, 0) is 37.1 Å². The first-order chi connectivity index (χ1) is 18.8. The second kappa shape index (κ2) is 19.2. The Hall–Kier alpha value is -2.14. The molecule has 0 aromatic heterocycles. The highest BCUT2D eigenvalue weighted by Gasteiger charge is 2.17. The minimum absolute atomic E-state index is 0. The lowest BCUT2D eigenvalue weighted by Gasteiger charge is -2.24. The second-order valence-corrected chi connectivity index (χ2v) is 12.4. The minimum Gasteiger partial charge on any atom is -0.410 e. The number of halogens is 2. The smallest absolute Gasteiger partial charge is 0.410 e. The van der Waals surface area contributed by atoms with Crippen LogP contribution in [0.4, 0.5) is 21.0 Å². The molecule has 2 rings (SSSR count). The van der Waals surface area contributed by atoms with Crippen molar-refractivity contribution >= 4 is 57.5 Å². The van der Waals surface area contributed by atoms with Gasteiger partial charge in [-0.15, -0.1) is 34.0 Å². The topological polar surface area (TPSA) is 59.1 Å². The van der Waals surface area contributed by atoms with E-state index in [0.717, 1.165) is 49.9 Å². The monoisotopic (exact) mass is 716 g/mol. The van der Waals surface area contributed by atoms with Gasteiger partial charge in [0.2, 0.25) is 0 Å². The number of ether oxygens (including phenoxy) is 2. The zero-order valence-corrected chi connectivity index (χ0v) is 30.4. The Morgan fingerprint density at radius 3 is 1.19 bits per heavy atom. The van der Waals surface area contributed by atoms with Crippen LogP contribution in [0.25, 0.3) is 0 Å². The molecule has 0 aliphatic carbocycles. The summed E-state index contributed by atoms with van der Waals surface area (Å²) in [6.07, 6.45) is 8.19. The summed E-state index contributed by atoms with van der Waals surface area (Å²) in [5.74, 6) is 1.16. The molecule has 0 atom stereocenters. The molecular weight excluding hydrogens is 664 g/mol. The van der Waals surface area contributed by atoms with Gasteiger partial charge < -0.3 is 19.3 Å². The first kappa shape index (κ1) is 39.9. The molecule has 0 bridgehead atoms. The van der Waals surface area contributed by atoms with Crippen LogP contribution in [-0.4, -0.2) is 91.5 Å². The number of nitrogens with zero attached hydrogens (tertiary/aromatic N) is 4. The molecular formula is C32H54Br2N4O4+2. The molecule has 2 aromatic carbocycles. The van der Waals surface area contributed by atoms with E-state index in [9.17, 15) is 9.59 Å². The Labute approximate surface area is 275 Å². The van der Waals surface area contributed by atoms with Crippen LogP contribution >= 0.6 is 34.0 Å². The van der Waals surface area contributed by atoms with Crippen LogP contribution in [-0.2, 0) is 0 Å². The van der Waals surface area contributed by atoms with Gasteiger partial charge in [-0.25, -0.2) is 9.59 Å². The van der Waals surface area contributed by atoms with Gasteiger partial charge in [0.1, 0.15) is 22.9 Å². The Kier molecular flexibility index (Phi) is 18.2. The van der Waals surface area contributed by atoms with Gasteiger partial charge in [0, 0.05) is 39.3 Å². The molecule has 8 nitrogen and oxygen atoms in total. The van der Waals surface area contributed by atoms with E-state index >= 15 is 0 Å². The maximum absolute atomic E-state index is 12.4. The first-order valence-corrected chi connectivity index (χ1v) is 14.5. The van der Waals surface area contributed by atoms with Crippen molar-refractivity contribution in [2.75, 3.05) is 69.5 Å². The SMILES string of the molecule is Br.Br.CN(CCCCCCCCCCN(C)C(=O)Oc1cccc([N+](C)(C)C)c1)C(=O)Oc1cccc([N+](C)(C)C)c1. The van der Waals surface area contributed by atoms with E-state index < -0.39 is 0 Å². The predicted molar refractivity (Wildman–Crippen MR) is 187 cm³/mol. The molecule has 0 N–H and O–H groups in total. The maximum Gasteiger partial charge on any atom is 0.414 e. The third kappa shape index (κ3) is 14.8. The molecule has 0 saturated carbocycles. The number of amides is 2. The quantitative estimate of drug-likeness (QED) is 0.139. The molecule has 0 spiro atoms. The summed E-state index contributed by atoms with van der Waals surface area (Å²) in [6, 6.07) is 15.4. The van der Waals surface area contributed by atoms with Crippen molar-refractivity contribution in [3.63, 3.8) is 0 Å². The lowest BCUT2D eigenvalue weighted by molar-refractivity contribution is 0.161. The number of rotatable bonds is 15. The normalized spacial score (nSPS) is 11.1. The number of hydrogen-bond donors (Lipinski definition) is 0. The molecule has 42 heavy (non-hydrogen) atoms. The van der Waals surface area contributed by atoms with Crippen molar-refractivity contribution < 1.29 is 19.1 Å². The number of unbranched alkanes of at least 4 members (excludes halogenated alkanes) is 7. The summed E-state index contributed by atoms with van der Waals surface area (Å²) in [7, 11) is 16.1. The fraction of sp³-hybridized carbons (Fsp3) is 0.562. The molecule has 0 radical (unpaired) electrons. The van der Waals surface area contributed by atoms with Gasteiger partial charge in [-0.1, -0.05) is 50.7 Å². The van der Waals surface area contributed by atoms with E-state index in [0.29, 0.717) is 33.6 Å². The number of quaternary nitrogens is 2. The van der Waals surface area contributed by atoms with E-state index in [2.05, 4.69) is 42.3 Å². The summed E-state index contributed by atoms with van der Waals surface area (Å²) in [6.45, 7) is 1.38. The molecule has 0 aliphatic heterocycles. The summed E-state index contributed by atoms with van der Waals surface area (Å²) in [4.78, 5) is 28.2. The summed E-state index contributed by atoms with van der Waals surface area (Å²) < 4.78 is 12.5. The molecule has 0 heterocycles. The molecule has 0 unspecified atom stereocenters. The van der Waals surface area contributed by atoms with Crippen molar-refractivity contribution in [1.82, 2.24) is 18.8 Å². The zero-order chi connectivity index (χ0) is 29.8. The van der Waals surface area contributed by atoms with Gasteiger partial charge in [-0.3, -0.25) is 8.97 Å². The van der Waals surface area contributed by atoms with Crippen LogP contribution in [0.1, 0.15) is 51.4 Å². The Morgan fingerprint density at radius 1 is 0.571 bits per heavy atom. The number of carbonyl (C=O) groups is 2. The van der Waals surface area contributed by atoms with Crippen LogP contribution in [0.5, 0.6) is 11.5 Å². The average Bonchev–Trinajstić information content (AvgIpc) is 2.88. The van der Waals surface area contributed by atoms with Crippen molar-refractivity contribution in [3.05, 3.63) is 48.5 Å². The van der Waals surface area contributed by atoms with Gasteiger partial charge in [-0.2, -0.15) is 0 Å². The lowest BCUT2D eigenvalue weighted by atomic mass is 10.1. The van der Waals surface area contributed by atoms with E-state index in [1.807, 2.05) is 48.5 Å². The largest absolute Gasteiger partial charge is 0.414 e. The fourth-order valence-corrected chi connectivity index (χ4v) is 4.23.